The van der Waals surface area contributed by atoms with Gasteiger partial charge in [-0.1, -0.05) is 18.5 Å². The smallest absolute Gasteiger partial charge is 0.340 e. The van der Waals surface area contributed by atoms with Crippen LogP contribution in [0.25, 0.3) is 0 Å². The van der Waals surface area contributed by atoms with E-state index in [1.807, 2.05) is 0 Å². The molecule has 0 bridgehead atoms. The Hall–Kier alpha value is -1.62. The van der Waals surface area contributed by atoms with Gasteiger partial charge in [-0.3, -0.25) is 4.79 Å². The van der Waals surface area contributed by atoms with Gasteiger partial charge in [-0.15, -0.1) is 0 Å². The zero-order valence-corrected chi connectivity index (χ0v) is 13.2. The maximum absolute atomic E-state index is 12.9. The van der Waals surface area contributed by atoms with E-state index in [2.05, 4.69) is 12.2 Å². The van der Waals surface area contributed by atoms with E-state index in [1.165, 1.54) is 6.07 Å². The van der Waals surface area contributed by atoms with Crippen molar-refractivity contribution in [2.24, 2.45) is 5.92 Å². The van der Waals surface area contributed by atoms with Crippen molar-refractivity contribution in [3.05, 3.63) is 34.6 Å². The summed E-state index contributed by atoms with van der Waals surface area (Å²) in [6.45, 7) is 1.84. The number of esters is 1. The number of benzene rings is 1. The molecule has 120 valence electrons. The van der Waals surface area contributed by atoms with Gasteiger partial charge >= 0.3 is 5.97 Å². The van der Waals surface area contributed by atoms with Crippen LogP contribution in [0, 0.1) is 11.7 Å². The lowest BCUT2D eigenvalue weighted by Gasteiger charge is -2.26. The third kappa shape index (κ3) is 4.70. The molecule has 22 heavy (non-hydrogen) atoms. The Morgan fingerprint density at radius 1 is 1.32 bits per heavy atom. The van der Waals surface area contributed by atoms with Gasteiger partial charge in [-0.2, -0.15) is 0 Å². The molecule has 1 fully saturated rings. The largest absolute Gasteiger partial charge is 0.452 e. The first-order valence-corrected chi connectivity index (χ1v) is 7.75. The summed E-state index contributed by atoms with van der Waals surface area (Å²) in [5.74, 6) is -0.902. The molecule has 1 aromatic carbocycles. The molecule has 0 radical (unpaired) electrons. The SMILES string of the molecule is CC1CCC(NC(=O)COC(=O)c2ccc(F)cc2Cl)CC1. The molecule has 1 N–H and O–H groups in total. The van der Waals surface area contributed by atoms with E-state index in [9.17, 15) is 14.0 Å². The van der Waals surface area contributed by atoms with Gasteiger partial charge in [-0.25, -0.2) is 9.18 Å². The van der Waals surface area contributed by atoms with Crippen LogP contribution in [0.1, 0.15) is 43.0 Å². The van der Waals surface area contributed by atoms with Gasteiger partial charge in [0.1, 0.15) is 5.82 Å². The molecule has 0 atom stereocenters. The summed E-state index contributed by atoms with van der Waals surface area (Å²) in [4.78, 5) is 23.6. The van der Waals surface area contributed by atoms with Crippen LogP contribution in [-0.2, 0) is 9.53 Å². The Labute approximate surface area is 134 Å². The minimum atomic E-state index is -0.739. The van der Waals surface area contributed by atoms with Crippen molar-refractivity contribution in [1.29, 1.82) is 0 Å². The molecule has 1 aliphatic rings. The Balaban J connectivity index is 1.79. The lowest BCUT2D eigenvalue weighted by Crippen LogP contribution is -2.39. The van der Waals surface area contributed by atoms with Crippen LogP contribution in [0.2, 0.25) is 5.02 Å². The topological polar surface area (TPSA) is 55.4 Å². The molecule has 0 heterocycles. The second-order valence-corrected chi connectivity index (χ2v) is 6.13. The molecule has 2 rings (SSSR count). The number of ether oxygens (including phenoxy) is 1. The number of halogens is 2. The molecule has 6 heteroatoms. The predicted octanol–water partition coefficient (Wildman–Crippen LogP) is 3.33. The Kier molecular flexibility index (Phi) is 5.77. The molecular formula is C16H19ClFNO3. The van der Waals surface area contributed by atoms with E-state index in [-0.39, 0.29) is 29.1 Å². The van der Waals surface area contributed by atoms with Gasteiger partial charge in [0, 0.05) is 6.04 Å². The third-order valence-corrected chi connectivity index (χ3v) is 4.18. The fourth-order valence-electron chi connectivity index (χ4n) is 2.54. The van der Waals surface area contributed by atoms with Crippen LogP contribution in [0.15, 0.2) is 18.2 Å². The minimum absolute atomic E-state index is 0.0355. The molecule has 1 amide bonds. The molecule has 0 spiro atoms. The molecular weight excluding hydrogens is 309 g/mol. The van der Waals surface area contributed by atoms with Crippen molar-refractivity contribution < 1.29 is 18.7 Å². The molecule has 4 nitrogen and oxygen atoms in total. The molecule has 0 saturated heterocycles. The van der Waals surface area contributed by atoms with Crippen LogP contribution in [-0.4, -0.2) is 24.5 Å². The number of hydrogen-bond acceptors (Lipinski definition) is 3. The zero-order valence-electron chi connectivity index (χ0n) is 12.4. The maximum atomic E-state index is 12.9. The van der Waals surface area contributed by atoms with Crippen LogP contribution in [0.3, 0.4) is 0 Å². The summed E-state index contributed by atoms with van der Waals surface area (Å²) in [7, 11) is 0. The van der Waals surface area contributed by atoms with Gasteiger partial charge < -0.3 is 10.1 Å². The quantitative estimate of drug-likeness (QED) is 0.863. The van der Waals surface area contributed by atoms with Crippen molar-refractivity contribution >= 4 is 23.5 Å². The predicted molar refractivity (Wildman–Crippen MR) is 81.3 cm³/mol. The molecule has 1 aliphatic carbocycles. The number of carbonyl (C=O) groups excluding carboxylic acids is 2. The summed E-state index contributed by atoms with van der Waals surface area (Å²) in [6, 6.07) is 3.53. The Morgan fingerprint density at radius 3 is 2.64 bits per heavy atom. The van der Waals surface area contributed by atoms with E-state index in [0.717, 1.165) is 37.8 Å². The summed E-state index contributed by atoms with van der Waals surface area (Å²) >= 11 is 5.77. The highest BCUT2D eigenvalue weighted by atomic mass is 35.5. The van der Waals surface area contributed by atoms with Crippen molar-refractivity contribution in [3.63, 3.8) is 0 Å². The Bertz CT molecular complexity index is 556. The first-order chi connectivity index (χ1) is 10.5. The number of hydrogen-bond donors (Lipinski definition) is 1. The van der Waals surface area contributed by atoms with E-state index in [0.29, 0.717) is 5.92 Å². The average Bonchev–Trinajstić information content (AvgIpc) is 2.47. The molecule has 0 unspecified atom stereocenters. The van der Waals surface area contributed by atoms with Crippen molar-refractivity contribution in [2.45, 2.75) is 38.6 Å². The number of nitrogens with one attached hydrogen (secondary N) is 1. The maximum Gasteiger partial charge on any atom is 0.340 e. The normalized spacial score (nSPS) is 21.2. The van der Waals surface area contributed by atoms with Gasteiger partial charge in [0.15, 0.2) is 6.61 Å². The first-order valence-electron chi connectivity index (χ1n) is 7.37. The summed E-state index contributed by atoms with van der Waals surface area (Å²) < 4.78 is 17.8. The summed E-state index contributed by atoms with van der Waals surface area (Å²) in [5, 5.41) is 2.83. The van der Waals surface area contributed by atoms with Crippen molar-refractivity contribution in [2.75, 3.05) is 6.61 Å². The standard InChI is InChI=1S/C16H19ClFNO3/c1-10-2-5-12(6-3-10)19-15(20)9-22-16(21)13-7-4-11(18)8-14(13)17/h4,7-8,10,12H,2-3,5-6,9H2,1H3,(H,19,20). The Morgan fingerprint density at radius 2 is 2.00 bits per heavy atom. The van der Waals surface area contributed by atoms with Gasteiger partial charge in [-0.05, 0) is 49.8 Å². The van der Waals surface area contributed by atoms with E-state index >= 15 is 0 Å². The second kappa shape index (κ2) is 7.58. The first kappa shape index (κ1) is 16.7. The molecule has 1 saturated carbocycles. The van der Waals surface area contributed by atoms with Crippen LogP contribution in [0.4, 0.5) is 4.39 Å². The highest BCUT2D eigenvalue weighted by molar-refractivity contribution is 6.33. The lowest BCUT2D eigenvalue weighted by molar-refractivity contribution is -0.125. The van der Waals surface area contributed by atoms with Gasteiger partial charge in [0.2, 0.25) is 0 Å². The number of amides is 1. The van der Waals surface area contributed by atoms with E-state index < -0.39 is 11.8 Å². The van der Waals surface area contributed by atoms with E-state index in [1.54, 1.807) is 0 Å². The van der Waals surface area contributed by atoms with Gasteiger partial charge in [0.25, 0.3) is 5.91 Å². The van der Waals surface area contributed by atoms with Crippen LogP contribution < -0.4 is 5.32 Å². The monoisotopic (exact) mass is 327 g/mol. The molecule has 0 aliphatic heterocycles. The fraction of sp³-hybridized carbons (Fsp3) is 0.500. The van der Waals surface area contributed by atoms with Crippen molar-refractivity contribution in [1.82, 2.24) is 5.32 Å². The minimum Gasteiger partial charge on any atom is -0.452 e. The van der Waals surface area contributed by atoms with Gasteiger partial charge in [0.05, 0.1) is 10.6 Å². The average molecular weight is 328 g/mol. The number of rotatable bonds is 4. The zero-order chi connectivity index (χ0) is 16.1. The summed E-state index contributed by atoms with van der Waals surface area (Å²) in [5.41, 5.74) is 0.0438. The van der Waals surface area contributed by atoms with Crippen molar-refractivity contribution in [3.8, 4) is 0 Å². The van der Waals surface area contributed by atoms with Crippen LogP contribution in [0.5, 0.6) is 0 Å². The highest BCUT2D eigenvalue weighted by Gasteiger charge is 2.20. The molecule has 0 aromatic heterocycles. The van der Waals surface area contributed by atoms with E-state index in [4.69, 9.17) is 16.3 Å². The second-order valence-electron chi connectivity index (χ2n) is 5.72. The number of carbonyl (C=O) groups is 2. The highest BCUT2D eigenvalue weighted by Crippen LogP contribution is 2.23. The third-order valence-electron chi connectivity index (χ3n) is 3.87. The molecule has 1 aromatic rings. The summed E-state index contributed by atoms with van der Waals surface area (Å²) in [6.07, 6.45) is 4.08. The fourth-order valence-corrected chi connectivity index (χ4v) is 2.78. The van der Waals surface area contributed by atoms with Crippen LogP contribution >= 0.6 is 11.6 Å². The lowest BCUT2D eigenvalue weighted by atomic mass is 9.87.